The first-order chi connectivity index (χ1) is 17.5. The number of halogens is 1. The van der Waals surface area contributed by atoms with E-state index in [0.717, 1.165) is 52.6 Å². The second-order valence-electron chi connectivity index (χ2n) is 9.80. The molecule has 6 rings (SSSR count). The van der Waals surface area contributed by atoms with Crippen LogP contribution in [0.15, 0.2) is 48.5 Å². The number of fused-ring (bicyclic) bond motifs is 5. The number of aryl methyl sites for hydroxylation is 1. The van der Waals surface area contributed by atoms with Crippen LogP contribution < -0.4 is 10.6 Å². The lowest BCUT2D eigenvalue weighted by Crippen LogP contribution is -2.31. The van der Waals surface area contributed by atoms with Crippen molar-refractivity contribution in [3.05, 3.63) is 64.7 Å². The topological polar surface area (TPSA) is 66.4 Å². The van der Waals surface area contributed by atoms with Gasteiger partial charge < -0.3 is 14.8 Å². The van der Waals surface area contributed by atoms with Gasteiger partial charge in [0.25, 0.3) is 11.8 Å². The molecule has 0 atom stereocenters. The molecule has 2 N–H and O–H groups in total. The summed E-state index contributed by atoms with van der Waals surface area (Å²) >= 11 is 6.51. The molecule has 7 heteroatoms. The van der Waals surface area contributed by atoms with Gasteiger partial charge in [0, 0.05) is 46.2 Å². The number of carbonyl (C=O) groups excluding carboxylic acids is 2. The molecule has 0 aliphatic carbocycles. The van der Waals surface area contributed by atoms with Crippen molar-refractivity contribution in [2.75, 3.05) is 31.5 Å². The van der Waals surface area contributed by atoms with Crippen LogP contribution in [0.25, 0.3) is 32.9 Å². The van der Waals surface area contributed by atoms with E-state index in [2.05, 4.69) is 38.3 Å². The SMILES string of the molecule is Cn1c2ccc(NCCCN3CCCCC3)cc2c2c3c(c(-c4ccccc4Cl)cc21)C(=O)NC3=O. The molecule has 0 bridgehead atoms. The summed E-state index contributed by atoms with van der Waals surface area (Å²) in [7, 11) is 1.99. The van der Waals surface area contributed by atoms with Crippen LogP contribution >= 0.6 is 11.6 Å². The fourth-order valence-corrected chi connectivity index (χ4v) is 6.01. The van der Waals surface area contributed by atoms with Crippen LogP contribution in [0.4, 0.5) is 5.69 Å². The first-order valence-electron chi connectivity index (χ1n) is 12.7. The Morgan fingerprint density at radius 2 is 1.69 bits per heavy atom. The molecule has 3 heterocycles. The minimum Gasteiger partial charge on any atom is -0.385 e. The van der Waals surface area contributed by atoms with E-state index in [1.165, 1.54) is 32.4 Å². The molecular formula is C29H29ClN4O2. The third-order valence-electron chi connectivity index (χ3n) is 7.57. The number of likely N-dealkylation sites (tertiary alicyclic amines) is 1. The number of anilines is 1. The number of piperidine rings is 1. The predicted molar refractivity (Wildman–Crippen MR) is 146 cm³/mol. The fraction of sp³-hybridized carbons (Fsp3) is 0.310. The lowest BCUT2D eigenvalue weighted by molar-refractivity contribution is 0.0880. The van der Waals surface area contributed by atoms with Gasteiger partial charge in [0.1, 0.15) is 0 Å². The normalized spacial score (nSPS) is 16.1. The summed E-state index contributed by atoms with van der Waals surface area (Å²) in [4.78, 5) is 28.6. The van der Waals surface area contributed by atoms with Crippen LogP contribution in [0.3, 0.4) is 0 Å². The molecule has 184 valence electrons. The van der Waals surface area contributed by atoms with Gasteiger partial charge in [-0.3, -0.25) is 14.9 Å². The average molecular weight is 501 g/mol. The zero-order valence-corrected chi connectivity index (χ0v) is 21.1. The molecule has 1 aromatic heterocycles. The smallest absolute Gasteiger partial charge is 0.259 e. The lowest BCUT2D eigenvalue weighted by Gasteiger charge is -2.26. The van der Waals surface area contributed by atoms with E-state index >= 15 is 0 Å². The molecule has 0 saturated carbocycles. The molecule has 2 aliphatic rings. The van der Waals surface area contributed by atoms with Crippen LogP contribution in [0, 0.1) is 0 Å². The van der Waals surface area contributed by atoms with Gasteiger partial charge in [0.2, 0.25) is 0 Å². The van der Waals surface area contributed by atoms with Gasteiger partial charge in [-0.2, -0.15) is 0 Å². The van der Waals surface area contributed by atoms with Gasteiger partial charge in [-0.05, 0) is 74.8 Å². The number of nitrogens with zero attached hydrogens (tertiary/aromatic N) is 2. The highest BCUT2D eigenvalue weighted by Crippen LogP contribution is 2.42. The number of hydrogen-bond acceptors (Lipinski definition) is 4. The summed E-state index contributed by atoms with van der Waals surface area (Å²) in [6, 6.07) is 15.7. The molecule has 2 aliphatic heterocycles. The summed E-state index contributed by atoms with van der Waals surface area (Å²) in [5, 5.41) is 8.38. The second-order valence-corrected chi connectivity index (χ2v) is 10.2. The third kappa shape index (κ3) is 3.85. The Balaban J connectivity index is 1.41. The van der Waals surface area contributed by atoms with Crippen molar-refractivity contribution in [1.29, 1.82) is 0 Å². The minimum absolute atomic E-state index is 0.360. The number of hydrogen-bond donors (Lipinski definition) is 2. The Labute approximate surface area is 215 Å². The van der Waals surface area contributed by atoms with Crippen LogP contribution in [0.1, 0.15) is 46.4 Å². The predicted octanol–water partition coefficient (Wildman–Crippen LogP) is 5.82. The monoisotopic (exact) mass is 500 g/mol. The van der Waals surface area contributed by atoms with Gasteiger partial charge in [-0.25, -0.2) is 0 Å². The molecule has 36 heavy (non-hydrogen) atoms. The summed E-state index contributed by atoms with van der Waals surface area (Å²) in [6.45, 7) is 4.43. The molecule has 0 unspecified atom stereocenters. The summed E-state index contributed by atoms with van der Waals surface area (Å²) in [5.74, 6) is -0.739. The van der Waals surface area contributed by atoms with Crippen molar-refractivity contribution in [3.63, 3.8) is 0 Å². The van der Waals surface area contributed by atoms with E-state index in [1.807, 2.05) is 31.3 Å². The van der Waals surface area contributed by atoms with Crippen molar-refractivity contribution in [1.82, 2.24) is 14.8 Å². The van der Waals surface area contributed by atoms with Gasteiger partial charge in [0.05, 0.1) is 16.6 Å². The van der Waals surface area contributed by atoms with Crippen molar-refractivity contribution in [2.24, 2.45) is 7.05 Å². The standard InChI is InChI=1S/C29H29ClN4O2/c1-33-23-11-10-18(31-12-7-15-34-13-5-2-6-14-34)16-21(23)25-24(33)17-20(19-8-3-4-9-22(19)30)26-27(25)29(36)32-28(26)35/h3-4,8-11,16-17,31H,2,5-7,12-15H2,1H3,(H,32,35,36). The maximum absolute atomic E-state index is 13.1. The van der Waals surface area contributed by atoms with Crippen LogP contribution in [-0.2, 0) is 7.05 Å². The fourth-order valence-electron chi connectivity index (χ4n) is 5.78. The number of aromatic nitrogens is 1. The molecule has 4 aromatic rings. The molecule has 1 fully saturated rings. The van der Waals surface area contributed by atoms with E-state index in [-0.39, 0.29) is 11.8 Å². The average Bonchev–Trinajstić information content (AvgIpc) is 3.34. The number of imide groups is 1. The number of carbonyl (C=O) groups is 2. The van der Waals surface area contributed by atoms with Crippen LogP contribution in [0.5, 0.6) is 0 Å². The van der Waals surface area contributed by atoms with E-state index in [1.54, 1.807) is 6.07 Å². The largest absolute Gasteiger partial charge is 0.385 e. The Hall–Kier alpha value is -3.35. The first-order valence-corrected chi connectivity index (χ1v) is 13.1. The number of nitrogens with one attached hydrogen (secondary N) is 2. The Kier molecular flexibility index (Phi) is 5.94. The van der Waals surface area contributed by atoms with E-state index < -0.39 is 0 Å². The number of benzene rings is 3. The maximum Gasteiger partial charge on any atom is 0.259 e. The highest BCUT2D eigenvalue weighted by atomic mass is 35.5. The maximum atomic E-state index is 13.1. The zero-order valence-electron chi connectivity index (χ0n) is 20.4. The highest BCUT2D eigenvalue weighted by molar-refractivity contribution is 6.36. The molecule has 0 spiro atoms. The van der Waals surface area contributed by atoms with E-state index in [4.69, 9.17) is 11.6 Å². The van der Waals surface area contributed by atoms with Crippen molar-refractivity contribution >= 4 is 50.9 Å². The van der Waals surface area contributed by atoms with Crippen LogP contribution in [0.2, 0.25) is 5.02 Å². The van der Waals surface area contributed by atoms with Crippen molar-refractivity contribution in [3.8, 4) is 11.1 Å². The summed E-state index contributed by atoms with van der Waals surface area (Å²) < 4.78 is 2.08. The third-order valence-corrected chi connectivity index (χ3v) is 7.90. The Morgan fingerprint density at radius 3 is 2.50 bits per heavy atom. The zero-order chi connectivity index (χ0) is 24.8. The van der Waals surface area contributed by atoms with Gasteiger partial charge >= 0.3 is 0 Å². The lowest BCUT2D eigenvalue weighted by atomic mass is 9.93. The summed E-state index contributed by atoms with van der Waals surface area (Å²) in [5.41, 5.74) is 5.16. The molecule has 1 saturated heterocycles. The number of rotatable bonds is 6. The highest BCUT2D eigenvalue weighted by Gasteiger charge is 2.34. The van der Waals surface area contributed by atoms with Gasteiger partial charge in [-0.15, -0.1) is 0 Å². The van der Waals surface area contributed by atoms with Gasteiger partial charge in [-0.1, -0.05) is 36.2 Å². The van der Waals surface area contributed by atoms with Crippen LogP contribution in [-0.4, -0.2) is 47.5 Å². The van der Waals surface area contributed by atoms with Gasteiger partial charge in [0.15, 0.2) is 0 Å². The minimum atomic E-state index is -0.379. The van der Waals surface area contributed by atoms with E-state index in [0.29, 0.717) is 21.7 Å². The molecule has 6 nitrogen and oxygen atoms in total. The summed E-state index contributed by atoms with van der Waals surface area (Å²) in [6.07, 6.45) is 5.06. The molecule has 0 radical (unpaired) electrons. The second kappa shape index (κ2) is 9.26. The first kappa shape index (κ1) is 23.1. The molecular weight excluding hydrogens is 472 g/mol. The Morgan fingerprint density at radius 1 is 0.917 bits per heavy atom. The molecule has 2 amide bonds. The van der Waals surface area contributed by atoms with Crippen molar-refractivity contribution < 1.29 is 9.59 Å². The number of amides is 2. The van der Waals surface area contributed by atoms with E-state index in [9.17, 15) is 9.59 Å². The van der Waals surface area contributed by atoms with Crippen molar-refractivity contribution in [2.45, 2.75) is 25.7 Å². The quantitative estimate of drug-likeness (QED) is 0.258. The Bertz CT molecular complexity index is 1520. The molecule has 3 aromatic carbocycles.